The number of aliphatic hydroxyl groups excluding tert-OH is 1. The van der Waals surface area contributed by atoms with Crippen LogP contribution in [0.25, 0.3) is 0 Å². The summed E-state index contributed by atoms with van der Waals surface area (Å²) in [6.45, 7) is 3.01. The number of fused-ring (bicyclic) bond motifs is 1. The molecule has 156 valence electrons. The van der Waals surface area contributed by atoms with Crippen molar-refractivity contribution in [2.45, 2.75) is 44.6 Å². The van der Waals surface area contributed by atoms with Crippen LogP contribution < -0.4 is 5.32 Å². The molecule has 6 heteroatoms. The SMILES string of the molecule is Cn1nc(C(=O)NCCc2ccccc2)c2c1CCC(N1CCC(CO)CC1)C2. The Morgan fingerprint density at radius 3 is 2.69 bits per heavy atom. The van der Waals surface area contributed by atoms with Crippen LogP contribution in [-0.2, 0) is 26.3 Å². The van der Waals surface area contributed by atoms with Crippen molar-refractivity contribution in [1.29, 1.82) is 0 Å². The highest BCUT2D eigenvalue weighted by atomic mass is 16.3. The summed E-state index contributed by atoms with van der Waals surface area (Å²) in [7, 11) is 1.95. The van der Waals surface area contributed by atoms with E-state index in [4.69, 9.17) is 0 Å². The lowest BCUT2D eigenvalue weighted by Crippen LogP contribution is -2.45. The molecular weight excluding hydrogens is 364 g/mol. The van der Waals surface area contributed by atoms with Crippen molar-refractivity contribution in [2.24, 2.45) is 13.0 Å². The van der Waals surface area contributed by atoms with Gasteiger partial charge >= 0.3 is 0 Å². The Labute approximate surface area is 172 Å². The average Bonchev–Trinajstić information content (AvgIpc) is 3.10. The zero-order valence-corrected chi connectivity index (χ0v) is 17.3. The maximum absolute atomic E-state index is 12.9. The van der Waals surface area contributed by atoms with Gasteiger partial charge in [-0.3, -0.25) is 9.48 Å². The van der Waals surface area contributed by atoms with Crippen LogP contribution in [0, 0.1) is 5.92 Å². The molecule has 1 aromatic heterocycles. The second-order valence-electron chi connectivity index (χ2n) is 8.45. The molecule has 1 saturated heterocycles. The van der Waals surface area contributed by atoms with E-state index in [2.05, 4.69) is 27.4 Å². The third kappa shape index (κ3) is 4.54. The molecule has 1 aliphatic heterocycles. The standard InChI is InChI=1S/C23H32N4O2/c1-26-21-8-7-19(27-13-10-18(16-28)11-14-27)15-20(21)22(25-26)23(29)24-12-9-17-5-3-2-4-6-17/h2-6,18-19,28H,7-16H2,1H3,(H,24,29). The third-order valence-corrected chi connectivity index (χ3v) is 6.61. The molecule has 4 rings (SSSR count). The number of aromatic nitrogens is 2. The molecule has 29 heavy (non-hydrogen) atoms. The Morgan fingerprint density at radius 1 is 1.21 bits per heavy atom. The zero-order valence-electron chi connectivity index (χ0n) is 17.3. The molecule has 1 aromatic carbocycles. The normalized spacial score (nSPS) is 20.4. The smallest absolute Gasteiger partial charge is 0.272 e. The van der Waals surface area contributed by atoms with Gasteiger partial charge in [0.1, 0.15) is 0 Å². The lowest BCUT2D eigenvalue weighted by Gasteiger charge is -2.39. The van der Waals surface area contributed by atoms with Crippen molar-refractivity contribution in [3.05, 3.63) is 52.8 Å². The van der Waals surface area contributed by atoms with Gasteiger partial charge in [-0.05, 0) is 63.1 Å². The topological polar surface area (TPSA) is 70.4 Å². The predicted octanol–water partition coefficient (Wildman–Crippen LogP) is 1.95. The molecule has 2 aromatic rings. The quantitative estimate of drug-likeness (QED) is 0.783. The largest absolute Gasteiger partial charge is 0.396 e. The number of aryl methyl sites for hydroxylation is 1. The summed E-state index contributed by atoms with van der Waals surface area (Å²) in [6, 6.07) is 10.7. The molecule has 6 nitrogen and oxygen atoms in total. The van der Waals surface area contributed by atoms with Crippen LogP contribution in [0.3, 0.4) is 0 Å². The first-order valence-corrected chi connectivity index (χ1v) is 10.9. The van der Waals surface area contributed by atoms with Crippen molar-refractivity contribution in [3.8, 4) is 0 Å². The van der Waals surface area contributed by atoms with Crippen LogP contribution in [0.5, 0.6) is 0 Å². The first kappa shape index (κ1) is 20.1. The van der Waals surface area contributed by atoms with E-state index in [0.29, 0.717) is 30.8 Å². The third-order valence-electron chi connectivity index (χ3n) is 6.61. The first-order chi connectivity index (χ1) is 14.2. The second kappa shape index (κ2) is 9.09. The molecule has 1 aliphatic carbocycles. The van der Waals surface area contributed by atoms with Gasteiger partial charge in [0.2, 0.25) is 0 Å². The molecule has 0 bridgehead atoms. The number of aliphatic hydroxyl groups is 1. The summed E-state index contributed by atoms with van der Waals surface area (Å²) >= 11 is 0. The summed E-state index contributed by atoms with van der Waals surface area (Å²) in [6.07, 6.45) is 5.95. The number of carbonyl (C=O) groups is 1. The zero-order chi connectivity index (χ0) is 20.2. The van der Waals surface area contributed by atoms with Crippen LogP contribution >= 0.6 is 0 Å². The Bertz CT molecular complexity index is 825. The van der Waals surface area contributed by atoms with Gasteiger partial charge in [0.25, 0.3) is 5.91 Å². The fraction of sp³-hybridized carbons (Fsp3) is 0.565. The number of carbonyl (C=O) groups excluding carboxylic acids is 1. The van der Waals surface area contributed by atoms with Gasteiger partial charge in [0.15, 0.2) is 5.69 Å². The maximum atomic E-state index is 12.9. The van der Waals surface area contributed by atoms with E-state index < -0.39 is 0 Å². The molecule has 0 saturated carbocycles. The number of nitrogens with zero attached hydrogens (tertiary/aromatic N) is 3. The number of benzene rings is 1. The highest BCUT2D eigenvalue weighted by Crippen LogP contribution is 2.29. The molecule has 2 heterocycles. The maximum Gasteiger partial charge on any atom is 0.272 e. The van der Waals surface area contributed by atoms with Crippen molar-refractivity contribution in [3.63, 3.8) is 0 Å². The van der Waals surface area contributed by atoms with E-state index in [0.717, 1.165) is 57.2 Å². The van der Waals surface area contributed by atoms with Gasteiger partial charge in [-0.25, -0.2) is 0 Å². The van der Waals surface area contributed by atoms with Crippen LogP contribution in [0.4, 0.5) is 0 Å². The minimum atomic E-state index is -0.0579. The molecule has 1 unspecified atom stereocenters. The Balaban J connectivity index is 1.39. The molecule has 1 atom stereocenters. The Hall–Kier alpha value is -2.18. The van der Waals surface area contributed by atoms with E-state index in [-0.39, 0.29) is 5.91 Å². The molecule has 1 fully saturated rings. The number of likely N-dealkylation sites (tertiary alicyclic amines) is 1. The van der Waals surface area contributed by atoms with Crippen LogP contribution in [0.1, 0.15) is 46.6 Å². The summed E-state index contributed by atoms with van der Waals surface area (Å²) < 4.78 is 1.90. The van der Waals surface area contributed by atoms with Crippen molar-refractivity contribution < 1.29 is 9.90 Å². The minimum absolute atomic E-state index is 0.0579. The monoisotopic (exact) mass is 396 g/mol. The number of nitrogens with one attached hydrogen (secondary N) is 1. The fourth-order valence-electron chi connectivity index (χ4n) is 4.81. The highest BCUT2D eigenvalue weighted by Gasteiger charge is 2.32. The van der Waals surface area contributed by atoms with E-state index in [1.54, 1.807) is 0 Å². The van der Waals surface area contributed by atoms with Gasteiger partial charge in [-0.15, -0.1) is 0 Å². The molecule has 2 aliphatic rings. The first-order valence-electron chi connectivity index (χ1n) is 10.9. The van der Waals surface area contributed by atoms with Crippen LogP contribution in [0.15, 0.2) is 30.3 Å². The van der Waals surface area contributed by atoms with Gasteiger partial charge < -0.3 is 15.3 Å². The number of hydrogen-bond acceptors (Lipinski definition) is 4. The van der Waals surface area contributed by atoms with Crippen molar-refractivity contribution in [1.82, 2.24) is 20.0 Å². The fourth-order valence-corrected chi connectivity index (χ4v) is 4.81. The molecular formula is C23H32N4O2. The van der Waals surface area contributed by atoms with Gasteiger partial charge in [0.05, 0.1) is 0 Å². The van der Waals surface area contributed by atoms with Gasteiger partial charge in [-0.1, -0.05) is 30.3 Å². The second-order valence-corrected chi connectivity index (χ2v) is 8.45. The summed E-state index contributed by atoms with van der Waals surface area (Å²) in [5.74, 6) is 0.396. The Kier molecular flexibility index (Phi) is 6.31. The number of piperidine rings is 1. The van der Waals surface area contributed by atoms with Crippen molar-refractivity contribution >= 4 is 5.91 Å². The lowest BCUT2D eigenvalue weighted by atomic mass is 9.88. The van der Waals surface area contributed by atoms with E-state index in [1.807, 2.05) is 29.9 Å². The van der Waals surface area contributed by atoms with Gasteiger partial charge in [0, 0.05) is 37.5 Å². The van der Waals surface area contributed by atoms with E-state index in [9.17, 15) is 9.90 Å². The van der Waals surface area contributed by atoms with Crippen LogP contribution in [-0.4, -0.2) is 58.0 Å². The molecule has 2 N–H and O–H groups in total. The number of hydrogen-bond donors (Lipinski definition) is 2. The predicted molar refractivity (Wildman–Crippen MR) is 113 cm³/mol. The summed E-state index contributed by atoms with van der Waals surface area (Å²) in [5, 5.41) is 17.0. The molecule has 1 amide bonds. The highest BCUT2D eigenvalue weighted by molar-refractivity contribution is 5.94. The van der Waals surface area contributed by atoms with E-state index >= 15 is 0 Å². The summed E-state index contributed by atoms with van der Waals surface area (Å²) in [5.41, 5.74) is 4.16. The lowest BCUT2D eigenvalue weighted by molar-refractivity contribution is 0.0918. The van der Waals surface area contributed by atoms with Crippen LogP contribution in [0.2, 0.25) is 0 Å². The number of rotatable bonds is 6. The van der Waals surface area contributed by atoms with Crippen molar-refractivity contribution in [2.75, 3.05) is 26.2 Å². The van der Waals surface area contributed by atoms with E-state index in [1.165, 1.54) is 11.3 Å². The molecule has 0 spiro atoms. The number of amides is 1. The molecule has 0 radical (unpaired) electrons. The minimum Gasteiger partial charge on any atom is -0.396 e. The summed E-state index contributed by atoms with van der Waals surface area (Å²) in [4.78, 5) is 15.4. The average molecular weight is 397 g/mol. The Morgan fingerprint density at radius 2 is 1.97 bits per heavy atom. The van der Waals surface area contributed by atoms with Gasteiger partial charge in [-0.2, -0.15) is 5.10 Å².